The lowest BCUT2D eigenvalue weighted by Gasteiger charge is -2.35. The molecule has 0 aliphatic carbocycles. The van der Waals surface area contributed by atoms with E-state index >= 15 is 0 Å². The van der Waals surface area contributed by atoms with Gasteiger partial charge < -0.3 is 10.2 Å². The minimum absolute atomic E-state index is 0.0956. The third-order valence-corrected chi connectivity index (χ3v) is 5.95. The highest BCUT2D eigenvalue weighted by Crippen LogP contribution is 2.36. The van der Waals surface area contributed by atoms with Crippen LogP contribution < -0.4 is 10.2 Å². The van der Waals surface area contributed by atoms with Gasteiger partial charge in [0.15, 0.2) is 0 Å². The standard InChI is InChI=1S/C21H25N5OS/c1-15(2)24-19(27)13-25-8-10-26(11-9-25)20-17-12-18(16-6-4-3-5-7-16)28-21(17)23-14-22-20/h3-7,12,14-15H,8-11,13H2,1-2H3,(H,24,27). The van der Waals surface area contributed by atoms with E-state index in [0.29, 0.717) is 6.54 Å². The Bertz CT molecular complexity index is 948. The maximum absolute atomic E-state index is 12.0. The minimum Gasteiger partial charge on any atom is -0.353 e. The molecule has 0 saturated carbocycles. The molecule has 0 bridgehead atoms. The molecule has 28 heavy (non-hydrogen) atoms. The minimum atomic E-state index is 0.0956. The summed E-state index contributed by atoms with van der Waals surface area (Å²) in [5, 5.41) is 4.07. The van der Waals surface area contributed by atoms with Gasteiger partial charge in [0, 0.05) is 37.1 Å². The molecular formula is C21H25N5OS. The molecule has 1 saturated heterocycles. The average Bonchev–Trinajstić information content (AvgIpc) is 3.13. The van der Waals surface area contributed by atoms with E-state index in [2.05, 4.69) is 55.4 Å². The van der Waals surface area contributed by atoms with E-state index in [1.165, 1.54) is 10.4 Å². The number of nitrogens with zero attached hydrogens (tertiary/aromatic N) is 4. The van der Waals surface area contributed by atoms with Crippen LogP contribution in [0.3, 0.4) is 0 Å². The number of carbonyl (C=O) groups is 1. The van der Waals surface area contributed by atoms with E-state index < -0.39 is 0 Å². The van der Waals surface area contributed by atoms with Crippen molar-refractivity contribution in [1.29, 1.82) is 0 Å². The largest absolute Gasteiger partial charge is 0.353 e. The molecule has 3 aromatic rings. The Hall–Kier alpha value is -2.51. The van der Waals surface area contributed by atoms with Crippen molar-refractivity contribution in [3.63, 3.8) is 0 Å². The molecule has 146 valence electrons. The lowest BCUT2D eigenvalue weighted by atomic mass is 10.2. The van der Waals surface area contributed by atoms with Crippen LogP contribution in [-0.2, 0) is 4.79 Å². The smallest absolute Gasteiger partial charge is 0.234 e. The van der Waals surface area contributed by atoms with Crippen LogP contribution in [0, 0.1) is 0 Å². The molecular weight excluding hydrogens is 370 g/mol. The highest BCUT2D eigenvalue weighted by atomic mass is 32.1. The van der Waals surface area contributed by atoms with Crippen LogP contribution in [0.1, 0.15) is 13.8 Å². The van der Waals surface area contributed by atoms with Crippen molar-refractivity contribution in [2.45, 2.75) is 19.9 Å². The number of rotatable bonds is 5. The summed E-state index contributed by atoms with van der Waals surface area (Å²) in [4.78, 5) is 27.8. The van der Waals surface area contributed by atoms with Gasteiger partial charge in [0.1, 0.15) is 17.0 Å². The second-order valence-corrected chi connectivity index (χ2v) is 8.41. The Morgan fingerprint density at radius 2 is 1.89 bits per heavy atom. The molecule has 0 spiro atoms. The number of amides is 1. The van der Waals surface area contributed by atoms with Gasteiger partial charge in [0.05, 0.1) is 11.9 Å². The van der Waals surface area contributed by atoms with Crippen molar-refractivity contribution < 1.29 is 4.79 Å². The number of hydrogen-bond acceptors (Lipinski definition) is 6. The van der Waals surface area contributed by atoms with Crippen molar-refractivity contribution in [3.05, 3.63) is 42.7 Å². The molecule has 4 rings (SSSR count). The van der Waals surface area contributed by atoms with Crippen molar-refractivity contribution in [3.8, 4) is 10.4 Å². The monoisotopic (exact) mass is 395 g/mol. The quantitative estimate of drug-likeness (QED) is 0.720. The molecule has 1 fully saturated rings. The van der Waals surface area contributed by atoms with Crippen LogP contribution in [0.2, 0.25) is 0 Å². The number of benzene rings is 1. The molecule has 0 unspecified atom stereocenters. The maximum atomic E-state index is 12.0. The van der Waals surface area contributed by atoms with Crippen molar-refractivity contribution >= 4 is 33.3 Å². The summed E-state index contributed by atoms with van der Waals surface area (Å²) in [6, 6.07) is 12.8. The molecule has 1 aliphatic rings. The molecule has 3 heterocycles. The van der Waals surface area contributed by atoms with E-state index in [4.69, 9.17) is 0 Å². The summed E-state index contributed by atoms with van der Waals surface area (Å²) < 4.78 is 0. The lowest BCUT2D eigenvalue weighted by Crippen LogP contribution is -2.50. The van der Waals surface area contributed by atoms with Gasteiger partial charge in [-0.2, -0.15) is 0 Å². The molecule has 0 radical (unpaired) electrons. The molecule has 1 aliphatic heterocycles. The first-order valence-electron chi connectivity index (χ1n) is 9.67. The molecule has 6 nitrogen and oxygen atoms in total. The van der Waals surface area contributed by atoms with Gasteiger partial charge in [-0.15, -0.1) is 11.3 Å². The van der Waals surface area contributed by atoms with Gasteiger partial charge in [0.25, 0.3) is 0 Å². The van der Waals surface area contributed by atoms with Crippen LogP contribution in [0.25, 0.3) is 20.7 Å². The Kier molecular flexibility index (Phi) is 5.54. The van der Waals surface area contributed by atoms with Crippen molar-refractivity contribution in [2.24, 2.45) is 0 Å². The molecule has 1 N–H and O–H groups in total. The van der Waals surface area contributed by atoms with Gasteiger partial charge in [-0.3, -0.25) is 9.69 Å². The average molecular weight is 396 g/mol. The van der Waals surface area contributed by atoms with E-state index in [0.717, 1.165) is 42.2 Å². The van der Waals surface area contributed by atoms with Crippen LogP contribution in [-0.4, -0.2) is 59.5 Å². The maximum Gasteiger partial charge on any atom is 0.234 e. The Morgan fingerprint density at radius 1 is 1.14 bits per heavy atom. The predicted molar refractivity (Wildman–Crippen MR) is 115 cm³/mol. The number of fused-ring (bicyclic) bond motifs is 1. The number of thiophene rings is 1. The van der Waals surface area contributed by atoms with E-state index in [1.807, 2.05) is 19.9 Å². The van der Waals surface area contributed by atoms with Crippen molar-refractivity contribution in [1.82, 2.24) is 20.2 Å². The Labute approximate surface area is 169 Å². The normalized spacial score (nSPS) is 15.3. The summed E-state index contributed by atoms with van der Waals surface area (Å²) in [5.41, 5.74) is 1.21. The van der Waals surface area contributed by atoms with Crippen LogP contribution in [0.15, 0.2) is 42.7 Å². The van der Waals surface area contributed by atoms with Gasteiger partial charge in [-0.1, -0.05) is 30.3 Å². The zero-order valence-corrected chi connectivity index (χ0v) is 17.1. The van der Waals surface area contributed by atoms with E-state index in [-0.39, 0.29) is 11.9 Å². The zero-order valence-electron chi connectivity index (χ0n) is 16.3. The molecule has 7 heteroatoms. The lowest BCUT2D eigenvalue weighted by molar-refractivity contribution is -0.122. The Balaban J connectivity index is 1.48. The predicted octanol–water partition coefficient (Wildman–Crippen LogP) is 3.00. The summed E-state index contributed by atoms with van der Waals surface area (Å²) in [5.74, 6) is 1.09. The fraction of sp³-hybridized carbons (Fsp3) is 0.381. The molecule has 0 atom stereocenters. The molecule has 1 aromatic carbocycles. The fourth-order valence-electron chi connectivity index (χ4n) is 3.53. The first kappa shape index (κ1) is 18.8. The third-order valence-electron chi connectivity index (χ3n) is 4.86. The van der Waals surface area contributed by atoms with Crippen LogP contribution in [0.5, 0.6) is 0 Å². The zero-order chi connectivity index (χ0) is 19.5. The third kappa shape index (κ3) is 4.15. The number of carbonyl (C=O) groups excluding carboxylic acids is 1. The van der Waals surface area contributed by atoms with Crippen molar-refractivity contribution in [2.75, 3.05) is 37.6 Å². The number of piperazine rings is 1. The SMILES string of the molecule is CC(C)NC(=O)CN1CCN(c2ncnc3sc(-c4ccccc4)cc23)CC1. The van der Waals surface area contributed by atoms with Crippen LogP contribution >= 0.6 is 11.3 Å². The van der Waals surface area contributed by atoms with Crippen LogP contribution in [0.4, 0.5) is 5.82 Å². The number of anilines is 1. The summed E-state index contributed by atoms with van der Waals surface area (Å²) >= 11 is 1.70. The first-order chi connectivity index (χ1) is 13.6. The fourth-order valence-corrected chi connectivity index (χ4v) is 4.53. The highest BCUT2D eigenvalue weighted by Gasteiger charge is 2.22. The number of hydrogen-bond donors (Lipinski definition) is 1. The van der Waals surface area contributed by atoms with E-state index in [1.54, 1.807) is 17.7 Å². The summed E-state index contributed by atoms with van der Waals surface area (Å²) in [7, 11) is 0. The number of aromatic nitrogens is 2. The van der Waals surface area contributed by atoms with Gasteiger partial charge >= 0.3 is 0 Å². The Morgan fingerprint density at radius 3 is 2.61 bits per heavy atom. The van der Waals surface area contributed by atoms with Gasteiger partial charge in [0.2, 0.25) is 5.91 Å². The first-order valence-corrected chi connectivity index (χ1v) is 10.5. The second-order valence-electron chi connectivity index (χ2n) is 7.38. The van der Waals surface area contributed by atoms with Gasteiger partial charge in [-0.25, -0.2) is 9.97 Å². The highest BCUT2D eigenvalue weighted by molar-refractivity contribution is 7.21. The second kappa shape index (κ2) is 8.24. The number of nitrogens with one attached hydrogen (secondary N) is 1. The summed E-state index contributed by atoms with van der Waals surface area (Å²) in [6.45, 7) is 7.86. The summed E-state index contributed by atoms with van der Waals surface area (Å²) in [6.07, 6.45) is 1.66. The van der Waals surface area contributed by atoms with E-state index in [9.17, 15) is 4.79 Å². The topological polar surface area (TPSA) is 61.4 Å². The molecule has 2 aromatic heterocycles. The molecule has 1 amide bonds. The van der Waals surface area contributed by atoms with Gasteiger partial charge in [-0.05, 0) is 25.5 Å².